The lowest BCUT2D eigenvalue weighted by Crippen LogP contribution is -2.41. The van der Waals surface area contributed by atoms with Crippen molar-refractivity contribution in [2.24, 2.45) is 0 Å². The Morgan fingerprint density at radius 2 is 1.27 bits per heavy atom. The van der Waals surface area contributed by atoms with Crippen molar-refractivity contribution in [1.29, 1.82) is 0 Å². The minimum Gasteiger partial charge on any atom is -0.288 e. The number of anilines is 1. The predicted octanol–water partition coefficient (Wildman–Crippen LogP) is 3.68. The van der Waals surface area contributed by atoms with E-state index in [1.165, 1.54) is 0 Å². The lowest BCUT2D eigenvalue weighted by atomic mass is 9.91. The van der Waals surface area contributed by atoms with E-state index in [-0.39, 0.29) is 16.8 Å². The van der Waals surface area contributed by atoms with Crippen molar-refractivity contribution in [2.45, 2.75) is 0 Å². The van der Waals surface area contributed by atoms with Crippen molar-refractivity contribution in [1.82, 2.24) is 5.32 Å². The van der Waals surface area contributed by atoms with Gasteiger partial charge in [0.05, 0.1) is 16.8 Å². The van der Waals surface area contributed by atoms with Crippen molar-refractivity contribution < 1.29 is 19.2 Å². The minimum absolute atomic E-state index is 0.0481. The first-order chi connectivity index (χ1) is 14.6. The number of rotatable bonds is 1. The van der Waals surface area contributed by atoms with Crippen LogP contribution in [0.3, 0.4) is 0 Å². The molecule has 142 valence electrons. The van der Waals surface area contributed by atoms with E-state index in [2.05, 4.69) is 5.32 Å². The first-order valence-corrected chi connectivity index (χ1v) is 9.38. The summed E-state index contributed by atoms with van der Waals surface area (Å²) in [6.07, 6.45) is 0. The van der Waals surface area contributed by atoms with E-state index in [0.29, 0.717) is 27.3 Å². The predicted molar refractivity (Wildman–Crippen MR) is 111 cm³/mol. The maximum atomic E-state index is 13.5. The van der Waals surface area contributed by atoms with Gasteiger partial charge in [0.1, 0.15) is 0 Å². The van der Waals surface area contributed by atoms with Crippen LogP contribution in [0, 0.1) is 0 Å². The van der Waals surface area contributed by atoms with Crippen molar-refractivity contribution in [2.75, 3.05) is 4.90 Å². The molecule has 4 aromatic rings. The summed E-state index contributed by atoms with van der Waals surface area (Å²) in [4.78, 5) is 53.1. The van der Waals surface area contributed by atoms with Crippen molar-refractivity contribution in [3.63, 3.8) is 0 Å². The molecular formula is C24H12N2O4. The Hall–Kier alpha value is -4.32. The molecule has 0 fully saturated rings. The van der Waals surface area contributed by atoms with Gasteiger partial charge in [-0.25, -0.2) is 4.90 Å². The van der Waals surface area contributed by atoms with Gasteiger partial charge < -0.3 is 0 Å². The number of hydrogen-bond donors (Lipinski definition) is 1. The van der Waals surface area contributed by atoms with E-state index in [0.717, 1.165) is 10.3 Å². The topological polar surface area (TPSA) is 83.6 Å². The van der Waals surface area contributed by atoms with Crippen LogP contribution in [0.1, 0.15) is 41.4 Å². The van der Waals surface area contributed by atoms with Crippen molar-refractivity contribution in [3.8, 4) is 0 Å². The van der Waals surface area contributed by atoms with Crippen molar-refractivity contribution >= 4 is 50.9 Å². The van der Waals surface area contributed by atoms with Gasteiger partial charge in [-0.15, -0.1) is 0 Å². The molecule has 6 heteroatoms. The number of benzene rings is 4. The molecule has 4 aromatic carbocycles. The Morgan fingerprint density at radius 3 is 1.97 bits per heavy atom. The van der Waals surface area contributed by atoms with Gasteiger partial charge >= 0.3 is 0 Å². The van der Waals surface area contributed by atoms with E-state index in [1.807, 2.05) is 12.1 Å². The molecule has 0 radical (unpaired) electrons. The highest BCUT2D eigenvalue weighted by Crippen LogP contribution is 2.40. The zero-order chi connectivity index (χ0) is 20.6. The van der Waals surface area contributed by atoms with Crippen LogP contribution in [0.15, 0.2) is 66.7 Å². The highest BCUT2D eigenvalue weighted by atomic mass is 16.2. The summed E-state index contributed by atoms with van der Waals surface area (Å²) in [7, 11) is 0. The molecule has 30 heavy (non-hydrogen) atoms. The fourth-order valence-electron chi connectivity index (χ4n) is 4.44. The fraction of sp³-hybridized carbons (Fsp3) is 0. The lowest BCUT2D eigenvalue weighted by Gasteiger charge is -2.29. The average Bonchev–Trinajstić information content (AvgIpc) is 3.04. The van der Waals surface area contributed by atoms with E-state index in [1.54, 1.807) is 54.6 Å². The maximum absolute atomic E-state index is 13.5. The van der Waals surface area contributed by atoms with E-state index < -0.39 is 23.6 Å². The number of carbonyl (C=O) groups is 4. The molecule has 0 saturated heterocycles. The molecule has 1 N–H and O–H groups in total. The van der Waals surface area contributed by atoms with Crippen LogP contribution in [-0.2, 0) is 0 Å². The smallest absolute Gasteiger partial charge is 0.266 e. The average molecular weight is 392 g/mol. The second kappa shape index (κ2) is 5.61. The van der Waals surface area contributed by atoms with Gasteiger partial charge in [0.25, 0.3) is 23.6 Å². The molecule has 0 saturated carbocycles. The third kappa shape index (κ3) is 1.97. The summed E-state index contributed by atoms with van der Waals surface area (Å²) in [5.41, 5.74) is 1.12. The van der Waals surface area contributed by atoms with Crippen LogP contribution in [-0.4, -0.2) is 23.6 Å². The number of amides is 4. The molecular weight excluding hydrogens is 380 g/mol. The summed E-state index contributed by atoms with van der Waals surface area (Å²) >= 11 is 0. The molecule has 0 unspecified atom stereocenters. The van der Waals surface area contributed by atoms with Crippen LogP contribution < -0.4 is 10.2 Å². The van der Waals surface area contributed by atoms with E-state index >= 15 is 0 Å². The number of imide groups is 2. The van der Waals surface area contributed by atoms with Gasteiger partial charge in [0.2, 0.25) is 0 Å². The number of hydrogen-bond acceptors (Lipinski definition) is 4. The Morgan fingerprint density at radius 1 is 0.633 bits per heavy atom. The summed E-state index contributed by atoms with van der Waals surface area (Å²) in [6.45, 7) is 0. The molecule has 0 bridgehead atoms. The molecule has 6 rings (SSSR count). The number of nitrogens with one attached hydrogen (secondary N) is 1. The fourth-order valence-corrected chi connectivity index (χ4v) is 4.44. The summed E-state index contributed by atoms with van der Waals surface area (Å²) in [5.74, 6) is -2.19. The highest BCUT2D eigenvalue weighted by Gasteiger charge is 2.40. The van der Waals surface area contributed by atoms with Crippen LogP contribution >= 0.6 is 0 Å². The molecule has 2 heterocycles. The number of nitrogens with zero attached hydrogens (tertiary/aromatic N) is 1. The van der Waals surface area contributed by atoms with Crippen LogP contribution in [0.2, 0.25) is 0 Å². The van der Waals surface area contributed by atoms with Crippen LogP contribution in [0.25, 0.3) is 21.5 Å². The molecule has 2 aliphatic rings. The SMILES string of the molecule is O=C1NC(=O)c2c1cc1ccccc1c2N1C(=O)c2cccc3cccc(c23)C1=O. The van der Waals surface area contributed by atoms with Crippen LogP contribution in [0.4, 0.5) is 5.69 Å². The maximum Gasteiger partial charge on any atom is 0.266 e. The monoisotopic (exact) mass is 392 g/mol. The Balaban J connectivity index is 1.73. The zero-order valence-corrected chi connectivity index (χ0v) is 15.4. The van der Waals surface area contributed by atoms with E-state index in [4.69, 9.17) is 0 Å². The van der Waals surface area contributed by atoms with Crippen molar-refractivity contribution in [3.05, 3.63) is 89.0 Å². The van der Waals surface area contributed by atoms with Gasteiger partial charge in [-0.3, -0.25) is 24.5 Å². The second-order valence-electron chi connectivity index (χ2n) is 7.31. The lowest BCUT2D eigenvalue weighted by molar-refractivity contribution is 0.0875. The number of carbonyl (C=O) groups excluding carboxylic acids is 4. The normalized spacial score (nSPS) is 15.1. The van der Waals surface area contributed by atoms with Gasteiger partial charge in [-0.1, -0.05) is 48.5 Å². The van der Waals surface area contributed by atoms with Crippen LogP contribution in [0.5, 0.6) is 0 Å². The second-order valence-corrected chi connectivity index (χ2v) is 7.31. The Kier molecular flexibility index (Phi) is 3.11. The molecule has 0 aliphatic carbocycles. The quantitative estimate of drug-likeness (QED) is 0.501. The molecule has 6 nitrogen and oxygen atoms in total. The molecule has 4 amide bonds. The third-order valence-corrected chi connectivity index (χ3v) is 5.72. The Bertz CT molecular complexity index is 1450. The first kappa shape index (κ1) is 16.6. The van der Waals surface area contributed by atoms with Gasteiger partial charge in [-0.2, -0.15) is 0 Å². The molecule has 0 aromatic heterocycles. The summed E-state index contributed by atoms with van der Waals surface area (Å²) < 4.78 is 0. The largest absolute Gasteiger partial charge is 0.288 e. The molecule has 0 spiro atoms. The third-order valence-electron chi connectivity index (χ3n) is 5.72. The first-order valence-electron chi connectivity index (χ1n) is 9.38. The number of fused-ring (bicyclic) bond motifs is 2. The molecule has 0 atom stereocenters. The standard InChI is InChI=1S/C24H12N2O4/c27-21-17-11-13-5-1-2-8-14(13)20(19(17)22(28)25-21)26-23(29)15-9-3-6-12-7-4-10-16(18(12)15)24(26)30/h1-11H,(H,25,27,28). The van der Waals surface area contributed by atoms with E-state index in [9.17, 15) is 19.2 Å². The zero-order valence-electron chi connectivity index (χ0n) is 15.4. The van der Waals surface area contributed by atoms with Gasteiger partial charge in [0.15, 0.2) is 0 Å². The van der Waals surface area contributed by atoms with Gasteiger partial charge in [-0.05, 0) is 29.0 Å². The summed E-state index contributed by atoms with van der Waals surface area (Å²) in [5, 5.41) is 4.88. The van der Waals surface area contributed by atoms with Gasteiger partial charge in [0, 0.05) is 21.9 Å². The summed E-state index contributed by atoms with van der Waals surface area (Å²) in [6, 6.07) is 19.3. The minimum atomic E-state index is -0.617. The molecule has 2 aliphatic heterocycles. The Labute approximate surface area is 169 Å². The highest BCUT2D eigenvalue weighted by molar-refractivity contribution is 6.39.